The number of carbonyl (C=O) groups excluding carboxylic acids is 2. The Hall–Kier alpha value is -3.95. The van der Waals surface area contributed by atoms with E-state index in [4.69, 9.17) is 0 Å². The van der Waals surface area contributed by atoms with Crippen molar-refractivity contribution in [3.8, 4) is 0 Å². The molecule has 7 nitrogen and oxygen atoms in total. The number of benzene rings is 4. The molecule has 0 unspecified atom stereocenters. The SMILES string of the molecule is CC(C)(C)NC(=O)[C@@H](Cc1ccccc1)N(Cc1cccc(Br)c1)C(=O)CN(c1ccccc1)S(=O)(=O)c1ccccc1. The molecule has 0 saturated carbocycles. The number of hydrogen-bond donors (Lipinski definition) is 1. The number of amides is 2. The van der Waals surface area contributed by atoms with Crippen molar-refractivity contribution < 1.29 is 18.0 Å². The monoisotopic (exact) mass is 661 g/mol. The maximum Gasteiger partial charge on any atom is 0.264 e. The van der Waals surface area contributed by atoms with Gasteiger partial charge in [0.1, 0.15) is 12.6 Å². The minimum absolute atomic E-state index is 0.0662. The fraction of sp³-hybridized carbons (Fsp3) is 0.235. The van der Waals surface area contributed by atoms with E-state index in [1.807, 2.05) is 75.4 Å². The Balaban J connectivity index is 1.80. The summed E-state index contributed by atoms with van der Waals surface area (Å²) in [5.74, 6) is -0.829. The van der Waals surface area contributed by atoms with Crippen LogP contribution in [0.1, 0.15) is 31.9 Å². The molecule has 4 aromatic rings. The minimum Gasteiger partial charge on any atom is -0.350 e. The number of nitrogens with zero attached hydrogens (tertiary/aromatic N) is 2. The minimum atomic E-state index is -4.12. The van der Waals surface area contributed by atoms with Crippen molar-refractivity contribution in [2.75, 3.05) is 10.8 Å². The highest BCUT2D eigenvalue weighted by Crippen LogP contribution is 2.25. The first-order valence-electron chi connectivity index (χ1n) is 14.0. The largest absolute Gasteiger partial charge is 0.350 e. The molecule has 9 heteroatoms. The second kappa shape index (κ2) is 14.0. The molecule has 43 heavy (non-hydrogen) atoms. The molecule has 224 valence electrons. The average molecular weight is 663 g/mol. The number of nitrogens with one attached hydrogen (secondary N) is 1. The van der Waals surface area contributed by atoms with Gasteiger partial charge in [-0.2, -0.15) is 0 Å². The lowest BCUT2D eigenvalue weighted by atomic mass is 10.0. The highest BCUT2D eigenvalue weighted by molar-refractivity contribution is 9.10. The molecule has 1 atom stereocenters. The first-order valence-corrected chi connectivity index (χ1v) is 16.2. The van der Waals surface area contributed by atoms with Gasteiger partial charge >= 0.3 is 0 Å². The van der Waals surface area contributed by atoms with Crippen LogP contribution in [0.2, 0.25) is 0 Å². The molecule has 0 aliphatic heterocycles. The molecule has 0 aromatic heterocycles. The molecule has 2 amide bonds. The quantitative estimate of drug-likeness (QED) is 0.207. The lowest BCUT2D eigenvalue weighted by molar-refractivity contribution is -0.140. The summed E-state index contributed by atoms with van der Waals surface area (Å²) < 4.78 is 29.8. The van der Waals surface area contributed by atoms with Crippen molar-refractivity contribution in [1.82, 2.24) is 10.2 Å². The van der Waals surface area contributed by atoms with Gasteiger partial charge in [0.2, 0.25) is 11.8 Å². The third-order valence-electron chi connectivity index (χ3n) is 6.67. The van der Waals surface area contributed by atoms with Crippen molar-refractivity contribution in [1.29, 1.82) is 0 Å². The summed E-state index contributed by atoms with van der Waals surface area (Å²) in [5.41, 5.74) is 1.46. The van der Waals surface area contributed by atoms with Crippen LogP contribution in [0.15, 0.2) is 125 Å². The third kappa shape index (κ3) is 8.78. The molecule has 0 spiro atoms. The van der Waals surface area contributed by atoms with Gasteiger partial charge < -0.3 is 10.2 Å². The van der Waals surface area contributed by atoms with E-state index in [9.17, 15) is 18.0 Å². The Labute approximate surface area is 262 Å². The second-order valence-corrected chi connectivity index (χ2v) is 14.0. The molecule has 0 heterocycles. The summed E-state index contributed by atoms with van der Waals surface area (Å²) in [7, 11) is -4.12. The molecule has 4 aromatic carbocycles. The van der Waals surface area contributed by atoms with E-state index in [2.05, 4.69) is 21.2 Å². The second-order valence-electron chi connectivity index (χ2n) is 11.3. The maximum atomic E-state index is 14.4. The number of hydrogen-bond acceptors (Lipinski definition) is 4. The van der Waals surface area contributed by atoms with Gasteiger partial charge in [-0.15, -0.1) is 0 Å². The molecule has 0 aliphatic rings. The van der Waals surface area contributed by atoms with Gasteiger partial charge in [0.25, 0.3) is 10.0 Å². The molecular formula is C34H36BrN3O4S. The van der Waals surface area contributed by atoms with E-state index in [1.54, 1.807) is 48.5 Å². The smallest absolute Gasteiger partial charge is 0.264 e. The molecule has 0 radical (unpaired) electrons. The first kappa shape index (κ1) is 32.0. The zero-order valence-corrected chi connectivity index (χ0v) is 26.9. The lowest BCUT2D eigenvalue weighted by Gasteiger charge is -2.35. The third-order valence-corrected chi connectivity index (χ3v) is 8.95. The highest BCUT2D eigenvalue weighted by atomic mass is 79.9. The molecule has 0 saturated heterocycles. The van der Waals surface area contributed by atoms with E-state index in [0.29, 0.717) is 5.69 Å². The number of anilines is 1. The van der Waals surface area contributed by atoms with Gasteiger partial charge in [-0.05, 0) is 68.3 Å². The Morgan fingerprint density at radius 2 is 1.35 bits per heavy atom. The van der Waals surface area contributed by atoms with E-state index in [0.717, 1.165) is 19.9 Å². The van der Waals surface area contributed by atoms with E-state index in [1.165, 1.54) is 17.0 Å². The number of halogens is 1. The van der Waals surface area contributed by atoms with Crippen LogP contribution in [0.25, 0.3) is 0 Å². The van der Waals surface area contributed by atoms with Crippen molar-refractivity contribution in [3.63, 3.8) is 0 Å². The fourth-order valence-electron chi connectivity index (χ4n) is 4.68. The van der Waals surface area contributed by atoms with Crippen molar-refractivity contribution >= 4 is 43.5 Å². The average Bonchev–Trinajstić information content (AvgIpc) is 2.98. The van der Waals surface area contributed by atoms with E-state index in [-0.39, 0.29) is 23.8 Å². The standard InChI is InChI=1S/C34H36BrN3O4S/c1-34(2,3)36-33(40)31(23-26-14-7-4-8-15-26)37(24-27-16-13-17-28(35)22-27)32(39)25-38(29-18-9-5-10-19-29)43(41,42)30-20-11-6-12-21-30/h4-22,31H,23-25H2,1-3H3,(H,36,40)/t31-/m1/s1. The van der Waals surface area contributed by atoms with Gasteiger partial charge in [-0.25, -0.2) is 8.42 Å². The molecule has 4 rings (SSSR count). The Morgan fingerprint density at radius 1 is 0.791 bits per heavy atom. The van der Waals surface area contributed by atoms with Crippen molar-refractivity contribution in [3.05, 3.63) is 131 Å². The van der Waals surface area contributed by atoms with Crippen LogP contribution in [0, 0.1) is 0 Å². The van der Waals surface area contributed by atoms with Crippen molar-refractivity contribution in [2.45, 2.75) is 50.2 Å². The summed E-state index contributed by atoms with van der Waals surface area (Å²) >= 11 is 3.50. The summed E-state index contributed by atoms with van der Waals surface area (Å²) in [6.45, 7) is 5.25. The van der Waals surface area contributed by atoms with Gasteiger partial charge in [0, 0.05) is 23.0 Å². The molecule has 1 N–H and O–H groups in total. The topological polar surface area (TPSA) is 86.8 Å². The van der Waals surface area contributed by atoms with Gasteiger partial charge in [-0.1, -0.05) is 94.8 Å². The van der Waals surface area contributed by atoms with E-state index < -0.39 is 34.1 Å². The Morgan fingerprint density at radius 3 is 1.93 bits per heavy atom. The Bertz CT molecular complexity index is 1630. The van der Waals surface area contributed by atoms with Crippen LogP contribution in [0.4, 0.5) is 5.69 Å². The van der Waals surface area contributed by atoms with Gasteiger partial charge in [-0.3, -0.25) is 13.9 Å². The Kier molecular flexibility index (Phi) is 10.4. The zero-order valence-electron chi connectivity index (χ0n) is 24.5. The number of rotatable bonds is 11. The number of sulfonamides is 1. The maximum absolute atomic E-state index is 14.4. The van der Waals surface area contributed by atoms with E-state index >= 15 is 0 Å². The van der Waals surface area contributed by atoms with Crippen LogP contribution in [0.3, 0.4) is 0 Å². The van der Waals surface area contributed by atoms with Gasteiger partial charge in [0.05, 0.1) is 10.6 Å². The fourth-order valence-corrected chi connectivity index (χ4v) is 6.56. The summed E-state index contributed by atoms with van der Waals surface area (Å²) in [5, 5.41) is 3.04. The predicted molar refractivity (Wildman–Crippen MR) is 174 cm³/mol. The normalized spacial score (nSPS) is 12.3. The number of para-hydroxylation sites is 1. The van der Waals surface area contributed by atoms with Crippen LogP contribution in [-0.2, 0) is 32.6 Å². The summed E-state index contributed by atoms with van der Waals surface area (Å²) in [4.78, 5) is 29.9. The van der Waals surface area contributed by atoms with Gasteiger partial charge in [0.15, 0.2) is 0 Å². The van der Waals surface area contributed by atoms with Crippen LogP contribution in [-0.4, -0.2) is 43.3 Å². The zero-order chi connectivity index (χ0) is 31.0. The highest BCUT2D eigenvalue weighted by Gasteiger charge is 2.35. The van der Waals surface area contributed by atoms with Crippen molar-refractivity contribution in [2.24, 2.45) is 0 Å². The molecule has 0 fully saturated rings. The summed E-state index contributed by atoms with van der Waals surface area (Å²) in [6.07, 6.45) is 0.249. The molecule has 0 aliphatic carbocycles. The lowest BCUT2D eigenvalue weighted by Crippen LogP contribution is -2.56. The van der Waals surface area contributed by atoms with Crippen LogP contribution < -0.4 is 9.62 Å². The van der Waals surface area contributed by atoms with Crippen LogP contribution >= 0.6 is 15.9 Å². The number of carbonyl (C=O) groups is 2. The predicted octanol–water partition coefficient (Wildman–Crippen LogP) is 6.20. The molecule has 0 bridgehead atoms. The first-order chi connectivity index (χ1) is 20.4. The summed E-state index contributed by atoms with van der Waals surface area (Å²) in [6, 6.07) is 32.6. The van der Waals surface area contributed by atoms with Crippen LogP contribution in [0.5, 0.6) is 0 Å². The molecular weight excluding hydrogens is 626 g/mol.